The first kappa shape index (κ1) is 9.00. The van der Waals surface area contributed by atoms with Gasteiger partial charge in [0.1, 0.15) is 12.4 Å². The minimum Gasteiger partial charge on any atom is -0.490 e. The van der Waals surface area contributed by atoms with Crippen LogP contribution < -0.4 is 10.1 Å². The molecule has 0 aliphatic carbocycles. The minimum atomic E-state index is 0.366. The number of nitrogens with one attached hydrogen (secondary N) is 1. The Morgan fingerprint density at radius 3 is 3.08 bits per heavy atom. The number of ether oxygens (including phenoxy) is 1. The average molecular weight is 166 g/mol. The van der Waals surface area contributed by atoms with Crippen LogP contribution in [0, 0.1) is 0 Å². The summed E-state index contributed by atoms with van der Waals surface area (Å²) in [6, 6.07) is 4.12. The first-order valence-electron chi connectivity index (χ1n) is 4.03. The molecule has 1 atom stereocenters. The van der Waals surface area contributed by atoms with Crippen molar-refractivity contribution >= 4 is 0 Å². The Balaban J connectivity index is 2.33. The number of aromatic nitrogens is 1. The molecule has 1 aromatic rings. The van der Waals surface area contributed by atoms with E-state index in [1.54, 1.807) is 12.4 Å². The molecular formula is C9H14N2O. The van der Waals surface area contributed by atoms with Crippen LogP contribution in [0.5, 0.6) is 5.75 Å². The van der Waals surface area contributed by atoms with E-state index in [0.29, 0.717) is 12.6 Å². The Bertz CT molecular complexity index is 213. The molecular weight excluding hydrogens is 152 g/mol. The Morgan fingerprint density at radius 1 is 1.67 bits per heavy atom. The zero-order valence-electron chi connectivity index (χ0n) is 7.45. The van der Waals surface area contributed by atoms with Crippen LogP contribution in [0.2, 0.25) is 0 Å². The monoisotopic (exact) mass is 166 g/mol. The molecule has 1 heterocycles. The van der Waals surface area contributed by atoms with Crippen LogP contribution in [-0.4, -0.2) is 24.7 Å². The standard InChI is InChI=1S/C9H14N2O/c1-8(10-2)7-12-9-4-3-5-11-6-9/h3-6,8,10H,7H2,1-2H3. The Morgan fingerprint density at radius 2 is 2.50 bits per heavy atom. The summed E-state index contributed by atoms with van der Waals surface area (Å²) in [5, 5.41) is 3.09. The second kappa shape index (κ2) is 4.72. The molecule has 0 radical (unpaired) electrons. The van der Waals surface area contributed by atoms with Crippen molar-refractivity contribution in [2.75, 3.05) is 13.7 Å². The molecule has 0 aliphatic heterocycles. The number of likely N-dealkylation sites (N-methyl/N-ethyl adjacent to an activating group) is 1. The lowest BCUT2D eigenvalue weighted by Gasteiger charge is -2.10. The van der Waals surface area contributed by atoms with Gasteiger partial charge in [-0.2, -0.15) is 0 Å². The van der Waals surface area contributed by atoms with E-state index in [2.05, 4.69) is 17.2 Å². The van der Waals surface area contributed by atoms with Gasteiger partial charge in [-0.25, -0.2) is 0 Å². The van der Waals surface area contributed by atoms with Gasteiger partial charge in [-0.3, -0.25) is 4.98 Å². The van der Waals surface area contributed by atoms with E-state index < -0.39 is 0 Å². The smallest absolute Gasteiger partial charge is 0.137 e. The molecule has 0 amide bonds. The van der Waals surface area contributed by atoms with Gasteiger partial charge in [-0.15, -0.1) is 0 Å². The Kier molecular flexibility index (Phi) is 3.54. The molecule has 0 saturated heterocycles. The summed E-state index contributed by atoms with van der Waals surface area (Å²) in [7, 11) is 1.91. The second-order valence-electron chi connectivity index (χ2n) is 2.69. The fraction of sp³-hybridized carbons (Fsp3) is 0.444. The fourth-order valence-corrected chi connectivity index (χ4v) is 0.737. The van der Waals surface area contributed by atoms with Gasteiger partial charge < -0.3 is 10.1 Å². The van der Waals surface area contributed by atoms with Gasteiger partial charge in [0.15, 0.2) is 0 Å². The van der Waals surface area contributed by atoms with Crippen LogP contribution in [0.4, 0.5) is 0 Å². The van der Waals surface area contributed by atoms with Gasteiger partial charge in [0.2, 0.25) is 0 Å². The Labute approximate surface area is 72.8 Å². The third-order valence-corrected chi connectivity index (χ3v) is 1.63. The SMILES string of the molecule is CNC(C)COc1cccnc1. The summed E-state index contributed by atoms with van der Waals surface area (Å²) in [6.07, 6.45) is 3.44. The van der Waals surface area contributed by atoms with Crippen molar-refractivity contribution in [3.8, 4) is 5.75 Å². The maximum Gasteiger partial charge on any atom is 0.137 e. The first-order chi connectivity index (χ1) is 5.83. The highest BCUT2D eigenvalue weighted by molar-refractivity contribution is 5.15. The summed E-state index contributed by atoms with van der Waals surface area (Å²) < 4.78 is 5.43. The first-order valence-corrected chi connectivity index (χ1v) is 4.03. The highest BCUT2D eigenvalue weighted by atomic mass is 16.5. The van der Waals surface area contributed by atoms with Crippen molar-refractivity contribution in [2.45, 2.75) is 13.0 Å². The molecule has 1 rings (SSSR count). The molecule has 3 nitrogen and oxygen atoms in total. The van der Waals surface area contributed by atoms with Gasteiger partial charge in [0.05, 0.1) is 6.20 Å². The van der Waals surface area contributed by atoms with E-state index in [-0.39, 0.29) is 0 Å². The average Bonchev–Trinajstić information content (AvgIpc) is 2.16. The van der Waals surface area contributed by atoms with Gasteiger partial charge >= 0.3 is 0 Å². The Hall–Kier alpha value is -1.09. The lowest BCUT2D eigenvalue weighted by molar-refractivity contribution is 0.279. The third kappa shape index (κ3) is 2.88. The van der Waals surface area contributed by atoms with E-state index in [1.807, 2.05) is 19.2 Å². The van der Waals surface area contributed by atoms with Crippen LogP contribution in [0.3, 0.4) is 0 Å². The van der Waals surface area contributed by atoms with Crippen molar-refractivity contribution in [3.05, 3.63) is 24.5 Å². The predicted molar refractivity (Wildman–Crippen MR) is 48.3 cm³/mol. The summed E-state index contributed by atoms with van der Waals surface area (Å²) >= 11 is 0. The van der Waals surface area contributed by atoms with Crippen LogP contribution in [-0.2, 0) is 0 Å². The predicted octanol–water partition coefficient (Wildman–Crippen LogP) is 1.07. The van der Waals surface area contributed by atoms with Gasteiger partial charge in [0, 0.05) is 12.2 Å². The van der Waals surface area contributed by atoms with Gasteiger partial charge in [-0.1, -0.05) is 0 Å². The van der Waals surface area contributed by atoms with E-state index in [9.17, 15) is 0 Å². The molecule has 0 aromatic carbocycles. The maximum absolute atomic E-state index is 5.43. The van der Waals surface area contributed by atoms with E-state index in [0.717, 1.165) is 5.75 Å². The van der Waals surface area contributed by atoms with Crippen LogP contribution in [0.25, 0.3) is 0 Å². The second-order valence-corrected chi connectivity index (χ2v) is 2.69. The molecule has 0 spiro atoms. The van der Waals surface area contributed by atoms with Crippen molar-refractivity contribution in [1.82, 2.24) is 10.3 Å². The third-order valence-electron chi connectivity index (χ3n) is 1.63. The highest BCUT2D eigenvalue weighted by Crippen LogP contribution is 2.05. The maximum atomic E-state index is 5.43. The molecule has 66 valence electrons. The van der Waals surface area contributed by atoms with Crippen molar-refractivity contribution < 1.29 is 4.74 Å². The van der Waals surface area contributed by atoms with Crippen molar-refractivity contribution in [2.24, 2.45) is 0 Å². The molecule has 0 fully saturated rings. The molecule has 1 N–H and O–H groups in total. The molecule has 1 unspecified atom stereocenters. The lowest BCUT2D eigenvalue weighted by atomic mass is 10.4. The summed E-state index contributed by atoms with van der Waals surface area (Å²) in [5.41, 5.74) is 0. The normalized spacial score (nSPS) is 12.5. The van der Waals surface area contributed by atoms with Gasteiger partial charge in [-0.05, 0) is 26.1 Å². The molecule has 12 heavy (non-hydrogen) atoms. The van der Waals surface area contributed by atoms with Crippen LogP contribution in [0.1, 0.15) is 6.92 Å². The zero-order valence-corrected chi connectivity index (χ0v) is 7.45. The fourth-order valence-electron chi connectivity index (χ4n) is 0.737. The van der Waals surface area contributed by atoms with Crippen LogP contribution in [0.15, 0.2) is 24.5 Å². The molecule has 0 saturated carbocycles. The van der Waals surface area contributed by atoms with E-state index >= 15 is 0 Å². The summed E-state index contributed by atoms with van der Waals surface area (Å²) in [4.78, 5) is 3.94. The highest BCUT2D eigenvalue weighted by Gasteiger charge is 1.98. The summed E-state index contributed by atoms with van der Waals surface area (Å²) in [5.74, 6) is 0.819. The molecule has 1 aromatic heterocycles. The molecule has 0 bridgehead atoms. The molecule has 3 heteroatoms. The summed E-state index contributed by atoms with van der Waals surface area (Å²) in [6.45, 7) is 2.73. The van der Waals surface area contributed by atoms with E-state index in [4.69, 9.17) is 4.74 Å². The van der Waals surface area contributed by atoms with E-state index in [1.165, 1.54) is 0 Å². The molecule has 0 aliphatic rings. The number of rotatable bonds is 4. The zero-order chi connectivity index (χ0) is 8.81. The topological polar surface area (TPSA) is 34.1 Å². The largest absolute Gasteiger partial charge is 0.490 e. The number of pyridine rings is 1. The quantitative estimate of drug-likeness (QED) is 0.726. The number of hydrogen-bond acceptors (Lipinski definition) is 3. The number of nitrogens with zero attached hydrogens (tertiary/aromatic N) is 1. The van der Waals surface area contributed by atoms with Crippen molar-refractivity contribution in [1.29, 1.82) is 0 Å². The lowest BCUT2D eigenvalue weighted by Crippen LogP contribution is -2.28. The van der Waals surface area contributed by atoms with Crippen LogP contribution >= 0.6 is 0 Å². The van der Waals surface area contributed by atoms with Gasteiger partial charge in [0.25, 0.3) is 0 Å². The van der Waals surface area contributed by atoms with Crippen molar-refractivity contribution in [3.63, 3.8) is 0 Å². The minimum absolute atomic E-state index is 0.366. The number of hydrogen-bond donors (Lipinski definition) is 1.